The van der Waals surface area contributed by atoms with Crippen LogP contribution in [0.3, 0.4) is 0 Å². The van der Waals surface area contributed by atoms with E-state index in [4.69, 9.17) is 4.74 Å². The molecule has 0 unspecified atom stereocenters. The molecule has 0 spiro atoms. The van der Waals surface area contributed by atoms with Crippen LogP contribution in [0.4, 0.5) is 5.69 Å². The lowest BCUT2D eigenvalue weighted by Gasteiger charge is -2.06. The van der Waals surface area contributed by atoms with E-state index in [0.29, 0.717) is 22.2 Å². The molecule has 1 saturated heterocycles. The van der Waals surface area contributed by atoms with Crippen molar-refractivity contribution in [1.29, 1.82) is 0 Å². The van der Waals surface area contributed by atoms with Gasteiger partial charge in [0.2, 0.25) is 11.8 Å². The predicted molar refractivity (Wildman–Crippen MR) is 132 cm³/mol. The van der Waals surface area contributed by atoms with E-state index in [0.717, 1.165) is 17.3 Å². The molecule has 34 heavy (non-hydrogen) atoms. The Morgan fingerprint density at radius 2 is 1.65 bits per heavy atom. The molecule has 8 nitrogen and oxygen atoms in total. The maximum absolute atomic E-state index is 12.2. The van der Waals surface area contributed by atoms with E-state index in [1.54, 1.807) is 60.7 Å². The van der Waals surface area contributed by atoms with Crippen LogP contribution in [0.5, 0.6) is 5.75 Å². The number of thioether (sulfide) groups is 1. The number of rotatable bonds is 7. The van der Waals surface area contributed by atoms with E-state index in [1.807, 2.05) is 24.3 Å². The number of benzene rings is 3. The van der Waals surface area contributed by atoms with Crippen molar-refractivity contribution in [3.8, 4) is 5.75 Å². The molecule has 1 fully saturated rings. The summed E-state index contributed by atoms with van der Waals surface area (Å²) < 4.78 is 5.34. The summed E-state index contributed by atoms with van der Waals surface area (Å²) >= 11 is 1.16. The van der Waals surface area contributed by atoms with Gasteiger partial charge in [-0.05, 0) is 54.1 Å². The maximum atomic E-state index is 12.2. The van der Waals surface area contributed by atoms with Crippen molar-refractivity contribution in [3.63, 3.8) is 0 Å². The van der Waals surface area contributed by atoms with E-state index in [2.05, 4.69) is 20.8 Å². The highest BCUT2D eigenvalue weighted by Gasteiger charge is 2.32. The third kappa shape index (κ3) is 6.39. The van der Waals surface area contributed by atoms with Crippen LogP contribution in [0.25, 0.3) is 0 Å². The van der Waals surface area contributed by atoms with Gasteiger partial charge in [-0.1, -0.05) is 48.2 Å². The maximum Gasteiger partial charge on any atom is 0.343 e. The minimum Gasteiger partial charge on any atom is -0.423 e. The number of nitrogens with zero attached hydrogens (tertiary/aromatic N) is 2. The predicted octanol–water partition coefficient (Wildman–Crippen LogP) is 3.86. The van der Waals surface area contributed by atoms with Crippen LogP contribution in [0, 0.1) is 0 Å². The second kappa shape index (κ2) is 11.1. The van der Waals surface area contributed by atoms with E-state index in [-0.39, 0.29) is 18.2 Å². The van der Waals surface area contributed by atoms with Crippen LogP contribution in [-0.4, -0.2) is 34.4 Å². The topological polar surface area (TPSA) is 109 Å². The van der Waals surface area contributed by atoms with Crippen LogP contribution in [0.1, 0.15) is 22.3 Å². The van der Waals surface area contributed by atoms with Crippen molar-refractivity contribution in [3.05, 3.63) is 96.1 Å². The zero-order chi connectivity index (χ0) is 23.8. The monoisotopic (exact) mass is 472 g/mol. The number of nitrogens with one attached hydrogen (secondary N) is 2. The number of carbonyl (C=O) groups is 3. The molecule has 3 aromatic carbocycles. The Kier molecular flexibility index (Phi) is 7.46. The summed E-state index contributed by atoms with van der Waals surface area (Å²) in [6.45, 7) is 0. The standard InChI is InChI=1S/C25H20N4O4S/c30-22(27-19-9-5-2-6-10-19)15-21-23(31)28-25(34-21)29-26-16-17-11-13-20(14-12-17)33-24(32)18-7-3-1-4-8-18/h1-14,16,21H,15H2,(H,27,30)(H,28,29,31)/b26-16-/t21-/m0/s1. The van der Waals surface area contributed by atoms with Gasteiger partial charge >= 0.3 is 5.97 Å². The number of para-hydroxylation sites is 1. The molecular weight excluding hydrogens is 452 g/mol. The van der Waals surface area contributed by atoms with Crippen molar-refractivity contribution < 1.29 is 19.1 Å². The molecule has 2 N–H and O–H groups in total. The number of amidine groups is 1. The van der Waals surface area contributed by atoms with Gasteiger partial charge in [-0.2, -0.15) is 5.10 Å². The lowest BCUT2D eigenvalue weighted by Crippen LogP contribution is -2.28. The molecule has 0 bridgehead atoms. The summed E-state index contributed by atoms with van der Waals surface area (Å²) in [6, 6.07) is 24.6. The van der Waals surface area contributed by atoms with E-state index < -0.39 is 11.2 Å². The Bertz CT molecular complexity index is 1230. The fourth-order valence-electron chi connectivity index (χ4n) is 3.00. The molecule has 4 rings (SSSR count). The van der Waals surface area contributed by atoms with Gasteiger partial charge in [-0.15, -0.1) is 5.10 Å². The van der Waals surface area contributed by atoms with Gasteiger partial charge in [0.1, 0.15) is 11.0 Å². The van der Waals surface area contributed by atoms with Crippen molar-refractivity contribution >= 4 is 46.6 Å². The number of carbonyl (C=O) groups excluding carboxylic acids is 3. The second-order valence-electron chi connectivity index (χ2n) is 7.19. The second-order valence-corrected chi connectivity index (χ2v) is 8.38. The number of amides is 2. The van der Waals surface area contributed by atoms with E-state index in [1.165, 1.54) is 6.21 Å². The molecule has 9 heteroatoms. The largest absolute Gasteiger partial charge is 0.423 e. The smallest absolute Gasteiger partial charge is 0.343 e. The van der Waals surface area contributed by atoms with Crippen molar-refractivity contribution in [2.45, 2.75) is 11.7 Å². The summed E-state index contributed by atoms with van der Waals surface area (Å²) in [5, 5.41) is 13.2. The van der Waals surface area contributed by atoms with E-state index >= 15 is 0 Å². The van der Waals surface area contributed by atoms with Gasteiger partial charge in [0.25, 0.3) is 0 Å². The first-order chi connectivity index (χ1) is 16.6. The average molecular weight is 473 g/mol. The number of anilines is 1. The molecule has 1 aliphatic heterocycles. The Balaban J connectivity index is 1.28. The molecule has 1 heterocycles. The number of hydrogen-bond donors (Lipinski definition) is 2. The molecule has 1 atom stereocenters. The molecule has 0 aromatic heterocycles. The number of hydrogen-bond acceptors (Lipinski definition) is 7. The van der Waals surface area contributed by atoms with Crippen molar-refractivity contribution in [2.75, 3.05) is 5.32 Å². The first kappa shape index (κ1) is 22.9. The van der Waals surface area contributed by atoms with E-state index in [9.17, 15) is 14.4 Å². The van der Waals surface area contributed by atoms with Crippen molar-refractivity contribution in [1.82, 2.24) is 5.32 Å². The molecule has 3 aromatic rings. The Morgan fingerprint density at radius 3 is 2.35 bits per heavy atom. The SMILES string of the molecule is O=C(C[C@@H]1S/C(=N\N=C/c2ccc(OC(=O)c3ccccc3)cc2)NC1=O)Nc1ccccc1. The summed E-state index contributed by atoms with van der Waals surface area (Å²) in [6.07, 6.45) is 1.54. The quantitative estimate of drug-likeness (QED) is 0.235. The Labute approximate surface area is 200 Å². The van der Waals surface area contributed by atoms with Gasteiger partial charge < -0.3 is 15.4 Å². The molecule has 170 valence electrons. The van der Waals surface area contributed by atoms with Crippen LogP contribution < -0.4 is 15.4 Å². The summed E-state index contributed by atoms with van der Waals surface area (Å²) in [7, 11) is 0. The Morgan fingerprint density at radius 1 is 0.971 bits per heavy atom. The zero-order valence-electron chi connectivity index (χ0n) is 17.9. The normalized spacial score (nSPS) is 16.4. The Hall–Kier alpha value is -4.24. The van der Waals surface area contributed by atoms with Gasteiger partial charge in [-0.3, -0.25) is 9.59 Å². The highest BCUT2D eigenvalue weighted by atomic mass is 32.2. The summed E-state index contributed by atoms with van der Waals surface area (Å²) in [5.74, 6) is -0.564. The average Bonchev–Trinajstić information content (AvgIpc) is 3.20. The summed E-state index contributed by atoms with van der Waals surface area (Å²) in [4.78, 5) is 36.4. The molecule has 2 amide bonds. The van der Waals surface area contributed by atoms with Crippen LogP contribution in [-0.2, 0) is 9.59 Å². The van der Waals surface area contributed by atoms with Gasteiger partial charge in [0, 0.05) is 12.1 Å². The molecule has 0 saturated carbocycles. The van der Waals surface area contributed by atoms with Gasteiger partial charge in [0.05, 0.1) is 11.8 Å². The molecular formula is C25H20N4O4S. The lowest BCUT2D eigenvalue weighted by atomic mass is 10.2. The lowest BCUT2D eigenvalue weighted by molar-refractivity contribution is -0.122. The molecule has 0 aliphatic carbocycles. The summed E-state index contributed by atoms with van der Waals surface area (Å²) in [5.41, 5.74) is 1.88. The molecule has 1 aliphatic rings. The van der Waals surface area contributed by atoms with Gasteiger partial charge in [0.15, 0.2) is 5.17 Å². The number of esters is 1. The third-order valence-electron chi connectivity index (χ3n) is 4.66. The first-order valence-electron chi connectivity index (χ1n) is 10.4. The highest BCUT2D eigenvalue weighted by molar-refractivity contribution is 8.15. The minimum atomic E-state index is -0.573. The minimum absolute atomic E-state index is 0.0251. The zero-order valence-corrected chi connectivity index (χ0v) is 18.7. The number of ether oxygens (including phenoxy) is 1. The first-order valence-corrected chi connectivity index (χ1v) is 11.3. The van der Waals surface area contributed by atoms with Crippen LogP contribution >= 0.6 is 11.8 Å². The third-order valence-corrected chi connectivity index (χ3v) is 5.73. The fourth-order valence-corrected chi connectivity index (χ4v) is 3.92. The van der Waals surface area contributed by atoms with Crippen LogP contribution in [0.15, 0.2) is 95.1 Å². The fraction of sp³-hybridized carbons (Fsp3) is 0.0800. The van der Waals surface area contributed by atoms with Gasteiger partial charge in [-0.25, -0.2) is 4.79 Å². The van der Waals surface area contributed by atoms with Crippen LogP contribution in [0.2, 0.25) is 0 Å². The van der Waals surface area contributed by atoms with Crippen molar-refractivity contribution in [2.24, 2.45) is 10.2 Å². The molecule has 0 radical (unpaired) electrons. The highest BCUT2D eigenvalue weighted by Crippen LogP contribution is 2.23.